The maximum Gasteiger partial charge on any atom is 0.335 e. The lowest BCUT2D eigenvalue weighted by molar-refractivity contribution is -0.128. The molecule has 0 aromatic heterocycles. The minimum atomic E-state index is -0.981. The van der Waals surface area contributed by atoms with Crippen LogP contribution in [-0.2, 0) is 11.3 Å². The van der Waals surface area contributed by atoms with E-state index >= 15 is 0 Å². The summed E-state index contributed by atoms with van der Waals surface area (Å²) in [6, 6.07) is 4.69. The predicted octanol–water partition coefficient (Wildman–Crippen LogP) is 1.76. The number of nitrogens with zero attached hydrogens (tertiary/aromatic N) is 1. The van der Waals surface area contributed by atoms with Gasteiger partial charge in [0.05, 0.1) is 12.7 Å². The first kappa shape index (κ1) is 13.4. The molecule has 19 heavy (non-hydrogen) atoms. The van der Waals surface area contributed by atoms with Crippen molar-refractivity contribution < 1.29 is 19.4 Å². The highest BCUT2D eigenvalue weighted by molar-refractivity contribution is 5.88. The maximum absolute atomic E-state index is 11.8. The van der Waals surface area contributed by atoms with Crippen molar-refractivity contribution in [2.75, 3.05) is 13.7 Å². The molecule has 1 heterocycles. The van der Waals surface area contributed by atoms with E-state index in [0.717, 1.165) is 5.56 Å². The van der Waals surface area contributed by atoms with Gasteiger partial charge in [0.2, 0.25) is 5.91 Å². The zero-order valence-electron chi connectivity index (χ0n) is 11.0. The number of carboxylic acids is 1. The Kier molecular flexibility index (Phi) is 3.74. The smallest absolute Gasteiger partial charge is 0.335 e. The molecular formula is C14H17NO4. The Morgan fingerprint density at radius 3 is 2.79 bits per heavy atom. The van der Waals surface area contributed by atoms with E-state index in [-0.39, 0.29) is 11.5 Å². The number of rotatable bonds is 4. The number of hydrogen-bond donors (Lipinski definition) is 1. The first-order valence-corrected chi connectivity index (χ1v) is 6.19. The summed E-state index contributed by atoms with van der Waals surface area (Å²) in [6.07, 6.45) is 0.556. The van der Waals surface area contributed by atoms with Gasteiger partial charge in [0.1, 0.15) is 5.75 Å². The molecular weight excluding hydrogens is 246 g/mol. The lowest BCUT2D eigenvalue weighted by Crippen LogP contribution is -2.24. The molecule has 0 aliphatic carbocycles. The van der Waals surface area contributed by atoms with Crippen molar-refractivity contribution in [2.45, 2.75) is 19.9 Å². The van der Waals surface area contributed by atoms with Crippen LogP contribution >= 0.6 is 0 Å². The number of benzene rings is 1. The molecule has 1 atom stereocenters. The second-order valence-corrected chi connectivity index (χ2v) is 4.92. The van der Waals surface area contributed by atoms with Gasteiger partial charge in [-0.1, -0.05) is 6.92 Å². The van der Waals surface area contributed by atoms with Crippen LogP contribution in [0, 0.1) is 5.92 Å². The van der Waals surface area contributed by atoms with Crippen molar-refractivity contribution in [3.8, 4) is 5.75 Å². The zero-order chi connectivity index (χ0) is 14.0. The molecule has 102 valence electrons. The third kappa shape index (κ3) is 2.86. The Balaban J connectivity index is 2.25. The van der Waals surface area contributed by atoms with Crippen LogP contribution in [0.3, 0.4) is 0 Å². The summed E-state index contributed by atoms with van der Waals surface area (Å²) in [6.45, 7) is 3.13. The summed E-state index contributed by atoms with van der Waals surface area (Å²) in [5.74, 6) is 0.0822. The Hall–Kier alpha value is -2.04. The van der Waals surface area contributed by atoms with E-state index in [9.17, 15) is 9.59 Å². The van der Waals surface area contributed by atoms with Crippen molar-refractivity contribution >= 4 is 11.9 Å². The molecule has 1 N–H and O–H groups in total. The van der Waals surface area contributed by atoms with Crippen LogP contribution < -0.4 is 4.74 Å². The van der Waals surface area contributed by atoms with E-state index < -0.39 is 5.97 Å². The maximum atomic E-state index is 11.8. The second kappa shape index (κ2) is 5.30. The number of aromatic carboxylic acids is 1. The molecule has 1 aromatic carbocycles. The largest absolute Gasteiger partial charge is 0.496 e. The van der Waals surface area contributed by atoms with Gasteiger partial charge in [-0.2, -0.15) is 0 Å². The molecule has 1 aliphatic rings. The van der Waals surface area contributed by atoms with Crippen LogP contribution in [0.4, 0.5) is 0 Å². The molecule has 5 heteroatoms. The number of carbonyl (C=O) groups is 2. The molecule has 0 spiro atoms. The number of methoxy groups -OCH3 is 1. The standard InChI is InChI=1S/C14H17NO4/c1-9-5-13(16)15(7-9)8-11-6-10(14(17)18)3-4-12(11)19-2/h3-4,6,9H,5,7-8H2,1-2H3,(H,17,18). The highest BCUT2D eigenvalue weighted by Crippen LogP contribution is 2.25. The quantitative estimate of drug-likeness (QED) is 0.898. The average Bonchev–Trinajstić information content (AvgIpc) is 2.67. The minimum Gasteiger partial charge on any atom is -0.496 e. The van der Waals surface area contributed by atoms with Gasteiger partial charge in [-0.25, -0.2) is 4.79 Å². The molecule has 1 amide bonds. The summed E-state index contributed by atoms with van der Waals surface area (Å²) in [5, 5.41) is 9.01. The lowest BCUT2D eigenvalue weighted by atomic mass is 10.1. The number of hydrogen-bond acceptors (Lipinski definition) is 3. The summed E-state index contributed by atoms with van der Waals surface area (Å²) in [7, 11) is 1.54. The van der Waals surface area contributed by atoms with Crippen LogP contribution in [0.25, 0.3) is 0 Å². The summed E-state index contributed by atoms with van der Waals surface area (Å²) in [4.78, 5) is 24.5. The SMILES string of the molecule is COc1ccc(C(=O)O)cc1CN1CC(C)CC1=O. The molecule has 1 aliphatic heterocycles. The van der Waals surface area contributed by atoms with Crippen LogP contribution in [0.5, 0.6) is 5.75 Å². The molecule has 1 unspecified atom stereocenters. The van der Waals surface area contributed by atoms with E-state index in [0.29, 0.717) is 31.2 Å². The fourth-order valence-electron chi connectivity index (χ4n) is 2.36. The van der Waals surface area contributed by atoms with Crippen molar-refractivity contribution in [3.63, 3.8) is 0 Å². The van der Waals surface area contributed by atoms with Gasteiger partial charge in [0.15, 0.2) is 0 Å². The summed E-state index contributed by atoms with van der Waals surface area (Å²) < 4.78 is 5.22. The fraction of sp³-hybridized carbons (Fsp3) is 0.429. The van der Waals surface area contributed by atoms with Crippen LogP contribution in [0.15, 0.2) is 18.2 Å². The van der Waals surface area contributed by atoms with Crippen molar-refractivity contribution in [1.29, 1.82) is 0 Å². The Morgan fingerprint density at radius 1 is 1.53 bits per heavy atom. The molecule has 1 saturated heterocycles. The highest BCUT2D eigenvalue weighted by atomic mass is 16.5. The molecule has 5 nitrogen and oxygen atoms in total. The number of carbonyl (C=O) groups excluding carboxylic acids is 1. The van der Waals surface area contributed by atoms with Crippen LogP contribution in [0.2, 0.25) is 0 Å². The normalized spacial score (nSPS) is 18.7. The number of carboxylic acid groups (broad SMARTS) is 1. The number of ether oxygens (including phenoxy) is 1. The second-order valence-electron chi connectivity index (χ2n) is 4.92. The Morgan fingerprint density at radius 2 is 2.26 bits per heavy atom. The monoisotopic (exact) mass is 263 g/mol. The minimum absolute atomic E-state index is 0.107. The van der Waals surface area contributed by atoms with Crippen molar-refractivity contribution in [3.05, 3.63) is 29.3 Å². The summed E-state index contributed by atoms with van der Waals surface area (Å²) >= 11 is 0. The first-order chi connectivity index (χ1) is 9.01. The predicted molar refractivity (Wildman–Crippen MR) is 69.2 cm³/mol. The van der Waals surface area contributed by atoms with Crippen molar-refractivity contribution in [2.24, 2.45) is 5.92 Å². The van der Waals surface area contributed by atoms with Crippen molar-refractivity contribution in [1.82, 2.24) is 4.90 Å². The van der Waals surface area contributed by atoms with E-state index in [1.54, 1.807) is 17.0 Å². The Labute approximate surface area is 111 Å². The molecule has 0 bridgehead atoms. The Bertz CT molecular complexity index is 512. The molecule has 0 radical (unpaired) electrons. The fourth-order valence-corrected chi connectivity index (χ4v) is 2.36. The van der Waals surface area contributed by atoms with E-state index in [1.807, 2.05) is 6.92 Å². The molecule has 0 saturated carbocycles. The molecule has 2 rings (SSSR count). The van der Waals surface area contributed by atoms with Gasteiger partial charge in [-0.05, 0) is 24.1 Å². The van der Waals surface area contributed by atoms with Gasteiger partial charge >= 0.3 is 5.97 Å². The van der Waals surface area contributed by atoms with Gasteiger partial charge < -0.3 is 14.7 Å². The van der Waals surface area contributed by atoms with E-state index in [4.69, 9.17) is 9.84 Å². The number of likely N-dealkylation sites (tertiary alicyclic amines) is 1. The topological polar surface area (TPSA) is 66.8 Å². The average molecular weight is 263 g/mol. The van der Waals surface area contributed by atoms with Gasteiger partial charge in [0, 0.05) is 25.1 Å². The van der Waals surface area contributed by atoms with E-state index in [1.165, 1.54) is 13.2 Å². The third-order valence-electron chi connectivity index (χ3n) is 3.30. The van der Waals surface area contributed by atoms with Gasteiger partial charge in [-0.3, -0.25) is 4.79 Å². The van der Waals surface area contributed by atoms with Crippen LogP contribution in [-0.4, -0.2) is 35.5 Å². The third-order valence-corrected chi connectivity index (χ3v) is 3.30. The van der Waals surface area contributed by atoms with Crippen LogP contribution in [0.1, 0.15) is 29.3 Å². The first-order valence-electron chi connectivity index (χ1n) is 6.19. The van der Waals surface area contributed by atoms with Gasteiger partial charge in [-0.15, -0.1) is 0 Å². The number of amides is 1. The molecule has 1 aromatic rings. The highest BCUT2D eigenvalue weighted by Gasteiger charge is 2.27. The van der Waals surface area contributed by atoms with Gasteiger partial charge in [0.25, 0.3) is 0 Å². The zero-order valence-corrected chi connectivity index (χ0v) is 11.0. The molecule has 1 fully saturated rings. The summed E-state index contributed by atoms with van der Waals surface area (Å²) in [5.41, 5.74) is 0.931. The lowest BCUT2D eigenvalue weighted by Gasteiger charge is -2.18. The van der Waals surface area contributed by atoms with E-state index in [2.05, 4.69) is 0 Å².